The third-order valence-electron chi connectivity index (χ3n) is 2.49. The number of aromatic hydroxyl groups is 1. The molecule has 6 nitrogen and oxygen atoms in total. The molecule has 0 radical (unpaired) electrons. The van der Waals surface area contributed by atoms with Gasteiger partial charge >= 0.3 is 0 Å². The number of hydrogen-bond donors (Lipinski definition) is 1. The Labute approximate surface area is 129 Å². The van der Waals surface area contributed by atoms with Crippen LogP contribution in [-0.4, -0.2) is 16.7 Å². The van der Waals surface area contributed by atoms with Gasteiger partial charge in [0.1, 0.15) is 29.4 Å². The van der Waals surface area contributed by atoms with E-state index in [9.17, 15) is 5.11 Å². The Morgan fingerprint density at radius 2 is 1.57 bits per heavy atom. The van der Waals surface area contributed by atoms with Crippen LogP contribution in [-0.2, 0) is 0 Å². The molecule has 0 unspecified atom stereocenters. The molecule has 0 saturated heterocycles. The van der Waals surface area contributed by atoms with Gasteiger partial charge in [0.05, 0.1) is 15.7 Å². The van der Waals surface area contributed by atoms with Crippen molar-refractivity contribution in [2.75, 3.05) is 0 Å². The fourth-order valence-electron chi connectivity index (χ4n) is 1.56. The van der Waals surface area contributed by atoms with Gasteiger partial charge < -0.3 is 5.11 Å². The van der Waals surface area contributed by atoms with Gasteiger partial charge in [-0.25, -0.2) is 9.98 Å². The largest absolute Gasteiger partial charge is 0.505 e. The summed E-state index contributed by atoms with van der Waals surface area (Å²) in [6.07, 6.45) is 0. The molecule has 100 valence electrons. The Kier molecular flexibility index (Phi) is 3.91. The molecular formula is C13H3Cl2N5O. The van der Waals surface area contributed by atoms with Gasteiger partial charge in [0, 0.05) is 0 Å². The van der Waals surface area contributed by atoms with E-state index >= 15 is 0 Å². The summed E-state index contributed by atoms with van der Waals surface area (Å²) in [6.45, 7) is 0. The first kappa shape index (κ1) is 14.6. The van der Waals surface area contributed by atoms with E-state index in [-0.39, 0.29) is 44.2 Å². The van der Waals surface area contributed by atoms with Crippen LogP contribution in [0.4, 0.5) is 5.69 Å². The summed E-state index contributed by atoms with van der Waals surface area (Å²) in [5.74, 6) is -0.368. The molecule has 0 aliphatic carbocycles. The number of nitrogens with zero attached hydrogens (tertiary/aromatic N) is 5. The summed E-state index contributed by atoms with van der Waals surface area (Å²) in [5, 5.41) is 36.3. The molecule has 1 aliphatic rings. The first-order valence-electron chi connectivity index (χ1n) is 5.32. The van der Waals surface area contributed by atoms with E-state index < -0.39 is 0 Å². The molecule has 0 atom stereocenters. The van der Waals surface area contributed by atoms with Crippen molar-refractivity contribution in [2.24, 2.45) is 9.98 Å². The lowest BCUT2D eigenvalue weighted by atomic mass is 10.1. The smallest absolute Gasteiger partial charge is 0.173 e. The van der Waals surface area contributed by atoms with Crippen LogP contribution in [0.5, 0.6) is 5.75 Å². The van der Waals surface area contributed by atoms with Crippen molar-refractivity contribution in [3.05, 3.63) is 33.3 Å². The lowest BCUT2D eigenvalue weighted by Gasteiger charge is -2.02. The summed E-state index contributed by atoms with van der Waals surface area (Å²) in [4.78, 5) is 7.86. The predicted octanol–water partition coefficient (Wildman–Crippen LogP) is 3.05. The van der Waals surface area contributed by atoms with Crippen molar-refractivity contribution in [1.29, 1.82) is 15.8 Å². The molecule has 0 saturated carbocycles. The second-order valence-electron chi connectivity index (χ2n) is 3.74. The van der Waals surface area contributed by atoms with Crippen LogP contribution in [0.2, 0.25) is 10.0 Å². The number of rotatable bonds is 1. The maximum absolute atomic E-state index is 9.46. The zero-order chi connectivity index (χ0) is 15.6. The highest BCUT2D eigenvalue weighted by Gasteiger charge is 2.25. The quantitative estimate of drug-likeness (QED) is 0.856. The number of hydrogen-bond acceptors (Lipinski definition) is 5. The minimum atomic E-state index is -0.288. The van der Waals surface area contributed by atoms with E-state index in [1.54, 1.807) is 18.2 Å². The van der Waals surface area contributed by atoms with E-state index in [1.165, 1.54) is 12.1 Å². The molecule has 1 aromatic carbocycles. The second-order valence-corrected chi connectivity index (χ2v) is 4.55. The molecule has 0 aromatic heterocycles. The number of phenolic OH excluding ortho intramolecular Hbond substituents is 1. The van der Waals surface area contributed by atoms with Gasteiger partial charge in [-0.2, -0.15) is 15.8 Å². The van der Waals surface area contributed by atoms with Crippen molar-refractivity contribution in [3.8, 4) is 24.0 Å². The second kappa shape index (κ2) is 5.64. The number of amidine groups is 1. The maximum Gasteiger partial charge on any atom is 0.173 e. The highest BCUT2D eigenvalue weighted by molar-refractivity contribution is 6.37. The van der Waals surface area contributed by atoms with Crippen molar-refractivity contribution >= 4 is 40.4 Å². The number of allylic oxidation sites excluding steroid dienone is 1. The molecule has 2 rings (SSSR count). The van der Waals surface area contributed by atoms with Crippen LogP contribution in [0.15, 0.2) is 33.3 Å². The van der Waals surface area contributed by atoms with Crippen molar-refractivity contribution in [3.63, 3.8) is 0 Å². The third kappa shape index (κ3) is 2.57. The SMILES string of the molecule is N#CC1=N/C(=N\c2cc(Cl)c(O)c(Cl)c2)C(C#N)=C1C#N. The topological polar surface area (TPSA) is 116 Å². The minimum Gasteiger partial charge on any atom is -0.505 e. The molecule has 0 spiro atoms. The van der Waals surface area contributed by atoms with Gasteiger partial charge in [-0.15, -0.1) is 0 Å². The number of benzene rings is 1. The van der Waals surface area contributed by atoms with Gasteiger partial charge in [-0.1, -0.05) is 23.2 Å². The van der Waals surface area contributed by atoms with Crippen LogP contribution in [0.1, 0.15) is 0 Å². The Balaban J connectivity index is 2.61. The highest BCUT2D eigenvalue weighted by atomic mass is 35.5. The van der Waals surface area contributed by atoms with E-state index in [4.69, 9.17) is 39.0 Å². The van der Waals surface area contributed by atoms with Gasteiger partial charge in [0.15, 0.2) is 17.3 Å². The number of aliphatic imine (C=N–C) groups is 2. The van der Waals surface area contributed by atoms with E-state index in [1.807, 2.05) is 0 Å². The predicted molar refractivity (Wildman–Crippen MR) is 76.5 cm³/mol. The number of halogens is 2. The molecule has 1 aliphatic heterocycles. The average molecular weight is 316 g/mol. The zero-order valence-corrected chi connectivity index (χ0v) is 11.6. The molecular weight excluding hydrogens is 313 g/mol. The molecule has 1 N–H and O–H groups in total. The Hall–Kier alpha value is -2.85. The summed E-state index contributed by atoms with van der Waals surface area (Å²) in [7, 11) is 0. The van der Waals surface area contributed by atoms with Crippen molar-refractivity contribution < 1.29 is 5.11 Å². The van der Waals surface area contributed by atoms with Gasteiger partial charge in [-0.3, -0.25) is 0 Å². The van der Waals surface area contributed by atoms with Gasteiger partial charge in [0.2, 0.25) is 0 Å². The Morgan fingerprint density at radius 1 is 1.00 bits per heavy atom. The summed E-state index contributed by atoms with van der Waals surface area (Å²) in [6, 6.07) is 7.88. The van der Waals surface area contributed by atoms with Crippen molar-refractivity contribution in [1.82, 2.24) is 0 Å². The highest BCUT2D eigenvalue weighted by Crippen LogP contribution is 2.36. The van der Waals surface area contributed by atoms with Gasteiger partial charge in [0.25, 0.3) is 0 Å². The third-order valence-corrected chi connectivity index (χ3v) is 3.07. The first-order chi connectivity index (χ1) is 10.0. The molecule has 0 bridgehead atoms. The number of phenols is 1. The van der Waals surface area contributed by atoms with E-state index in [0.717, 1.165) is 0 Å². The molecule has 8 heteroatoms. The van der Waals surface area contributed by atoms with Crippen LogP contribution in [0, 0.1) is 34.0 Å². The monoisotopic (exact) mass is 315 g/mol. The lowest BCUT2D eigenvalue weighted by molar-refractivity contribution is 0.476. The molecule has 21 heavy (non-hydrogen) atoms. The Morgan fingerprint density at radius 3 is 2.05 bits per heavy atom. The zero-order valence-electron chi connectivity index (χ0n) is 10.1. The maximum atomic E-state index is 9.46. The molecule has 1 aromatic rings. The van der Waals surface area contributed by atoms with Crippen LogP contribution in [0.25, 0.3) is 0 Å². The summed E-state index contributed by atoms with van der Waals surface area (Å²) < 4.78 is 0. The van der Waals surface area contributed by atoms with Crippen LogP contribution < -0.4 is 0 Å². The minimum absolute atomic E-state index is 0.0210. The molecule has 1 heterocycles. The Bertz CT molecular complexity index is 839. The van der Waals surface area contributed by atoms with Crippen LogP contribution >= 0.6 is 23.2 Å². The fraction of sp³-hybridized carbons (Fsp3) is 0. The summed E-state index contributed by atoms with van der Waals surface area (Å²) >= 11 is 11.5. The fourth-order valence-corrected chi connectivity index (χ4v) is 2.04. The molecule has 0 fully saturated rings. The summed E-state index contributed by atoms with van der Waals surface area (Å²) in [5.41, 5.74) is -0.182. The molecule has 0 amide bonds. The van der Waals surface area contributed by atoms with Crippen molar-refractivity contribution in [2.45, 2.75) is 0 Å². The standard InChI is InChI=1S/C13H3Cl2N5O/c14-9-1-6(2-10(15)12(9)21)19-13-8(4-17)7(3-16)11(5-18)20-13/h1-2,21H/b19-13-. The van der Waals surface area contributed by atoms with E-state index in [2.05, 4.69) is 9.98 Å². The first-order valence-corrected chi connectivity index (χ1v) is 6.08. The van der Waals surface area contributed by atoms with Crippen LogP contribution in [0.3, 0.4) is 0 Å². The average Bonchev–Trinajstić information content (AvgIpc) is 2.81. The normalized spacial score (nSPS) is 15.4. The van der Waals surface area contributed by atoms with E-state index in [0.29, 0.717) is 0 Å². The number of nitriles is 3. The lowest BCUT2D eigenvalue weighted by Crippen LogP contribution is -1.95. The van der Waals surface area contributed by atoms with Gasteiger partial charge in [-0.05, 0) is 12.1 Å².